The van der Waals surface area contributed by atoms with Crippen LogP contribution in [-0.4, -0.2) is 24.0 Å². The molecule has 1 N–H and O–H groups in total. The van der Waals surface area contributed by atoms with Gasteiger partial charge in [-0.1, -0.05) is 13.8 Å². The van der Waals surface area contributed by atoms with Crippen LogP contribution in [-0.2, 0) is 4.79 Å². The fraction of sp³-hybridized carbons (Fsp3) is 0.455. The number of carbonyl (C=O) groups excluding carboxylic acids is 1. The fourth-order valence-electron chi connectivity index (χ4n) is 1.81. The summed E-state index contributed by atoms with van der Waals surface area (Å²) in [7, 11) is 0. The Hall–Kier alpha value is -1.10. The van der Waals surface area contributed by atoms with Gasteiger partial charge in [-0.2, -0.15) is 0 Å². The lowest BCUT2D eigenvalue weighted by Crippen LogP contribution is -2.40. The molecule has 0 bridgehead atoms. The number of anilines is 2. The third-order valence-electron chi connectivity index (χ3n) is 2.33. The highest BCUT2D eigenvalue weighted by Gasteiger charge is 2.23. The van der Waals surface area contributed by atoms with E-state index < -0.39 is 0 Å². The fourth-order valence-corrected chi connectivity index (χ4v) is 2.14. The first-order chi connectivity index (χ1) is 7.56. The Morgan fingerprint density at radius 2 is 2.38 bits per heavy atom. The summed E-state index contributed by atoms with van der Waals surface area (Å²) < 4.78 is 0.873. The monoisotopic (exact) mass is 283 g/mol. The van der Waals surface area contributed by atoms with E-state index in [1.165, 1.54) is 0 Å². The first-order valence-corrected chi connectivity index (χ1v) is 6.06. The maximum atomic E-state index is 11.5. The van der Waals surface area contributed by atoms with Crippen molar-refractivity contribution in [2.24, 2.45) is 5.92 Å². The van der Waals surface area contributed by atoms with Gasteiger partial charge in [0.25, 0.3) is 0 Å². The van der Waals surface area contributed by atoms with Crippen molar-refractivity contribution < 1.29 is 4.79 Å². The van der Waals surface area contributed by atoms with Crippen LogP contribution in [0.4, 0.5) is 11.5 Å². The molecule has 1 amide bonds. The highest BCUT2D eigenvalue weighted by molar-refractivity contribution is 9.10. The second-order valence-electron chi connectivity index (χ2n) is 4.35. The molecular formula is C11H14BrN3O. The van der Waals surface area contributed by atoms with Gasteiger partial charge in [0.15, 0.2) is 5.82 Å². The van der Waals surface area contributed by atoms with Crippen molar-refractivity contribution in [2.75, 3.05) is 23.3 Å². The Balaban J connectivity index is 2.34. The molecule has 1 aromatic rings. The maximum absolute atomic E-state index is 11.5. The van der Waals surface area contributed by atoms with Crippen LogP contribution in [0.1, 0.15) is 13.8 Å². The van der Waals surface area contributed by atoms with Crippen molar-refractivity contribution in [1.82, 2.24) is 4.98 Å². The number of fused-ring (bicyclic) bond motifs is 1. The second-order valence-corrected chi connectivity index (χ2v) is 5.26. The predicted octanol–water partition coefficient (Wildman–Crippen LogP) is 2.26. The highest BCUT2D eigenvalue weighted by atomic mass is 79.9. The molecule has 0 saturated heterocycles. The van der Waals surface area contributed by atoms with E-state index in [4.69, 9.17) is 0 Å². The molecule has 2 heterocycles. The lowest BCUT2D eigenvalue weighted by molar-refractivity contribution is -0.115. The zero-order valence-electron chi connectivity index (χ0n) is 9.33. The Bertz CT molecular complexity index is 420. The van der Waals surface area contributed by atoms with Crippen LogP contribution in [0.25, 0.3) is 0 Å². The first-order valence-electron chi connectivity index (χ1n) is 5.26. The highest BCUT2D eigenvalue weighted by Crippen LogP contribution is 2.29. The van der Waals surface area contributed by atoms with Gasteiger partial charge in [-0.05, 0) is 27.9 Å². The maximum Gasteiger partial charge on any atom is 0.244 e. The predicted molar refractivity (Wildman–Crippen MR) is 67.6 cm³/mol. The number of aromatic nitrogens is 1. The molecule has 0 aliphatic carbocycles. The summed E-state index contributed by atoms with van der Waals surface area (Å²) in [5, 5.41) is 2.83. The van der Waals surface area contributed by atoms with Gasteiger partial charge in [0.2, 0.25) is 5.91 Å². The van der Waals surface area contributed by atoms with E-state index >= 15 is 0 Å². The number of hydrogen-bond donors (Lipinski definition) is 1. The number of amides is 1. The second kappa shape index (κ2) is 4.41. The lowest BCUT2D eigenvalue weighted by atomic mass is 10.2. The van der Waals surface area contributed by atoms with Gasteiger partial charge in [-0.3, -0.25) is 4.79 Å². The molecule has 2 rings (SSSR count). The number of rotatable bonds is 2. The smallest absolute Gasteiger partial charge is 0.244 e. The van der Waals surface area contributed by atoms with Crippen molar-refractivity contribution in [3.63, 3.8) is 0 Å². The summed E-state index contributed by atoms with van der Waals surface area (Å²) in [6, 6.07) is 1.88. The van der Waals surface area contributed by atoms with Gasteiger partial charge in [-0.25, -0.2) is 4.98 Å². The quantitative estimate of drug-likeness (QED) is 0.906. The lowest BCUT2D eigenvalue weighted by Gasteiger charge is -2.30. The number of pyridine rings is 1. The number of hydrogen-bond acceptors (Lipinski definition) is 3. The van der Waals surface area contributed by atoms with Crippen molar-refractivity contribution in [1.29, 1.82) is 0 Å². The molecule has 1 aromatic heterocycles. The third kappa shape index (κ3) is 2.35. The number of carbonyl (C=O) groups is 1. The number of nitrogens with one attached hydrogen (secondary N) is 1. The molecule has 0 saturated carbocycles. The standard InChI is InChI=1S/C11H14BrN3O/c1-7(2)5-15-6-10(16)14-9-3-8(12)4-13-11(9)15/h3-4,7H,5-6H2,1-2H3,(H,14,16). The molecule has 4 nitrogen and oxygen atoms in total. The van der Waals surface area contributed by atoms with Crippen molar-refractivity contribution in [3.8, 4) is 0 Å². The summed E-state index contributed by atoms with van der Waals surface area (Å²) in [5.41, 5.74) is 0.784. The average Bonchev–Trinajstić information content (AvgIpc) is 2.15. The van der Waals surface area contributed by atoms with E-state index in [0.29, 0.717) is 12.5 Å². The largest absolute Gasteiger partial charge is 0.345 e. The van der Waals surface area contributed by atoms with E-state index in [2.05, 4.69) is 40.1 Å². The molecule has 86 valence electrons. The summed E-state index contributed by atoms with van der Waals surface area (Å²) in [6.07, 6.45) is 1.75. The van der Waals surface area contributed by atoms with E-state index in [1.54, 1.807) is 6.20 Å². The van der Waals surface area contributed by atoms with Gasteiger partial charge >= 0.3 is 0 Å². The molecular weight excluding hydrogens is 270 g/mol. The average molecular weight is 284 g/mol. The minimum absolute atomic E-state index is 0.0213. The van der Waals surface area contributed by atoms with Crippen LogP contribution < -0.4 is 10.2 Å². The van der Waals surface area contributed by atoms with Gasteiger partial charge in [0, 0.05) is 17.2 Å². The SMILES string of the molecule is CC(C)CN1CC(=O)Nc2cc(Br)cnc21. The number of halogens is 1. The number of nitrogens with zero attached hydrogens (tertiary/aromatic N) is 2. The normalized spacial score (nSPS) is 15.0. The van der Waals surface area contributed by atoms with Gasteiger partial charge in [0.1, 0.15) is 0 Å². The molecule has 0 unspecified atom stereocenters. The zero-order chi connectivity index (χ0) is 11.7. The molecule has 0 atom stereocenters. The van der Waals surface area contributed by atoms with E-state index in [0.717, 1.165) is 22.5 Å². The Labute approximate surface area is 103 Å². The van der Waals surface area contributed by atoms with Crippen LogP contribution >= 0.6 is 15.9 Å². The van der Waals surface area contributed by atoms with Crippen LogP contribution in [0.15, 0.2) is 16.7 Å². The molecule has 0 spiro atoms. The van der Waals surface area contributed by atoms with Crippen molar-refractivity contribution in [3.05, 3.63) is 16.7 Å². The molecule has 5 heteroatoms. The summed E-state index contributed by atoms with van der Waals surface area (Å²) in [4.78, 5) is 17.9. The first kappa shape index (κ1) is 11.4. The Morgan fingerprint density at radius 1 is 1.62 bits per heavy atom. The molecule has 1 aliphatic rings. The third-order valence-corrected chi connectivity index (χ3v) is 2.76. The van der Waals surface area contributed by atoms with Gasteiger partial charge < -0.3 is 10.2 Å². The van der Waals surface area contributed by atoms with Crippen LogP contribution in [0.2, 0.25) is 0 Å². The van der Waals surface area contributed by atoms with Crippen LogP contribution in [0.3, 0.4) is 0 Å². The van der Waals surface area contributed by atoms with E-state index in [9.17, 15) is 4.79 Å². The molecule has 0 fully saturated rings. The van der Waals surface area contributed by atoms with Crippen molar-refractivity contribution >= 4 is 33.3 Å². The summed E-state index contributed by atoms with van der Waals surface area (Å²) in [6.45, 7) is 5.49. The Morgan fingerprint density at radius 3 is 3.06 bits per heavy atom. The summed E-state index contributed by atoms with van der Waals surface area (Å²) >= 11 is 3.35. The minimum Gasteiger partial charge on any atom is -0.345 e. The molecule has 0 aromatic carbocycles. The molecule has 1 aliphatic heterocycles. The Kier molecular flexibility index (Phi) is 3.14. The summed E-state index contributed by atoms with van der Waals surface area (Å²) in [5.74, 6) is 1.38. The minimum atomic E-state index is 0.0213. The van der Waals surface area contributed by atoms with Gasteiger partial charge in [0.05, 0.1) is 12.2 Å². The molecule has 0 radical (unpaired) electrons. The molecule has 16 heavy (non-hydrogen) atoms. The van der Waals surface area contributed by atoms with Crippen molar-refractivity contribution in [2.45, 2.75) is 13.8 Å². The van der Waals surface area contributed by atoms with Gasteiger partial charge in [-0.15, -0.1) is 0 Å². The van der Waals surface area contributed by atoms with Crippen LogP contribution in [0, 0.1) is 5.92 Å². The zero-order valence-corrected chi connectivity index (χ0v) is 10.9. The van der Waals surface area contributed by atoms with E-state index in [-0.39, 0.29) is 5.91 Å². The topological polar surface area (TPSA) is 45.2 Å². The van der Waals surface area contributed by atoms with E-state index in [1.807, 2.05) is 11.0 Å². The van der Waals surface area contributed by atoms with Crippen LogP contribution in [0.5, 0.6) is 0 Å².